The Balaban J connectivity index is 2.05. The molecule has 3 rings (SSSR count). The van der Waals surface area contributed by atoms with E-state index in [-0.39, 0.29) is 28.4 Å². The van der Waals surface area contributed by atoms with E-state index in [9.17, 15) is 17.6 Å². The minimum Gasteiger partial charge on any atom is -0.322 e. The predicted octanol–water partition coefficient (Wildman–Crippen LogP) is 4.82. The van der Waals surface area contributed by atoms with E-state index in [1.54, 1.807) is 19.1 Å². The molecule has 0 heterocycles. The van der Waals surface area contributed by atoms with Crippen molar-refractivity contribution in [2.75, 3.05) is 5.32 Å². The second-order valence-corrected chi connectivity index (χ2v) is 9.72. The van der Waals surface area contributed by atoms with Crippen LogP contribution in [0.4, 0.5) is 10.1 Å². The maximum atomic E-state index is 14.1. The highest BCUT2D eigenvalue weighted by Gasteiger charge is 2.53. The number of sulfone groups is 1. The summed E-state index contributed by atoms with van der Waals surface area (Å²) in [5.41, 5.74) is 1.32. The predicted molar refractivity (Wildman–Crippen MR) is 104 cm³/mol. The molecule has 1 N–H and O–H groups in total. The number of halogens is 2. The topological polar surface area (TPSA) is 63.2 Å². The molecule has 27 heavy (non-hydrogen) atoms. The highest BCUT2D eigenvalue weighted by molar-refractivity contribution is 7.93. The van der Waals surface area contributed by atoms with E-state index in [2.05, 4.69) is 5.32 Å². The van der Waals surface area contributed by atoms with Gasteiger partial charge in [0.25, 0.3) is 0 Å². The Hall–Kier alpha value is -1.92. The van der Waals surface area contributed by atoms with Gasteiger partial charge in [0.05, 0.1) is 10.6 Å². The van der Waals surface area contributed by atoms with Crippen molar-refractivity contribution in [3.05, 3.63) is 58.4 Å². The zero-order valence-electron chi connectivity index (χ0n) is 15.2. The first-order valence-corrected chi connectivity index (χ1v) is 10.6. The summed E-state index contributed by atoms with van der Waals surface area (Å²) in [5, 5.41) is 2.68. The zero-order chi connectivity index (χ0) is 19.8. The summed E-state index contributed by atoms with van der Waals surface area (Å²) in [7, 11) is -3.95. The van der Waals surface area contributed by atoms with E-state index in [1.807, 2.05) is 13.0 Å². The van der Waals surface area contributed by atoms with Gasteiger partial charge in [-0.3, -0.25) is 4.79 Å². The Kier molecular flexibility index (Phi) is 5.32. The van der Waals surface area contributed by atoms with Crippen LogP contribution >= 0.6 is 11.6 Å². The molecule has 2 aromatic carbocycles. The van der Waals surface area contributed by atoms with Gasteiger partial charge in [0, 0.05) is 5.02 Å². The van der Waals surface area contributed by atoms with Crippen LogP contribution in [0.25, 0.3) is 0 Å². The fraction of sp³-hybridized carbons (Fsp3) is 0.350. The van der Waals surface area contributed by atoms with Gasteiger partial charge in [-0.05, 0) is 62.1 Å². The molecule has 1 aliphatic rings. The van der Waals surface area contributed by atoms with Crippen LogP contribution in [-0.4, -0.2) is 19.1 Å². The van der Waals surface area contributed by atoms with Gasteiger partial charge in [-0.2, -0.15) is 0 Å². The molecule has 0 saturated heterocycles. The minimum atomic E-state index is -3.95. The number of amides is 1. The van der Waals surface area contributed by atoms with Gasteiger partial charge in [-0.1, -0.05) is 36.6 Å². The Morgan fingerprint density at radius 2 is 1.78 bits per heavy atom. The van der Waals surface area contributed by atoms with E-state index >= 15 is 0 Å². The van der Waals surface area contributed by atoms with Crippen molar-refractivity contribution >= 4 is 33.0 Å². The van der Waals surface area contributed by atoms with E-state index in [0.29, 0.717) is 18.4 Å². The van der Waals surface area contributed by atoms with E-state index in [0.717, 1.165) is 11.6 Å². The maximum absolute atomic E-state index is 14.1. The molecule has 0 bridgehead atoms. The molecule has 0 radical (unpaired) electrons. The van der Waals surface area contributed by atoms with Crippen molar-refractivity contribution in [2.45, 2.75) is 49.2 Å². The van der Waals surface area contributed by atoms with E-state index in [1.165, 1.54) is 12.1 Å². The van der Waals surface area contributed by atoms with Gasteiger partial charge in [0.2, 0.25) is 5.91 Å². The molecule has 0 aliphatic heterocycles. The lowest BCUT2D eigenvalue weighted by Gasteiger charge is -2.28. The number of anilines is 1. The molecule has 1 fully saturated rings. The Bertz CT molecular complexity index is 998. The molecular formula is C20H21ClFNO3S. The van der Waals surface area contributed by atoms with Crippen LogP contribution in [0.15, 0.2) is 41.3 Å². The van der Waals surface area contributed by atoms with Crippen molar-refractivity contribution in [1.29, 1.82) is 0 Å². The lowest BCUT2D eigenvalue weighted by atomic mass is 10.1. The van der Waals surface area contributed by atoms with Gasteiger partial charge >= 0.3 is 0 Å². The van der Waals surface area contributed by atoms with Crippen molar-refractivity contribution in [3.8, 4) is 0 Å². The molecule has 7 heteroatoms. The van der Waals surface area contributed by atoms with Crippen LogP contribution in [-0.2, 0) is 14.6 Å². The van der Waals surface area contributed by atoms with Gasteiger partial charge in [-0.25, -0.2) is 12.8 Å². The normalized spacial score (nSPS) is 16.3. The smallest absolute Gasteiger partial charge is 0.246 e. The minimum absolute atomic E-state index is 0.0770. The first-order chi connectivity index (χ1) is 12.7. The number of hydrogen-bond acceptors (Lipinski definition) is 3. The van der Waals surface area contributed by atoms with Crippen molar-refractivity contribution < 1.29 is 17.6 Å². The summed E-state index contributed by atoms with van der Waals surface area (Å²) >= 11 is 5.74. The summed E-state index contributed by atoms with van der Waals surface area (Å²) in [6, 6.07) is 9.03. The number of hydrogen-bond donors (Lipinski definition) is 1. The largest absolute Gasteiger partial charge is 0.322 e. The summed E-state index contributed by atoms with van der Waals surface area (Å²) < 4.78 is 39.6. The lowest BCUT2D eigenvalue weighted by molar-refractivity contribution is -0.118. The number of carbonyl (C=O) groups excluding carboxylic acids is 1. The average Bonchev–Trinajstić information content (AvgIpc) is 3.11. The maximum Gasteiger partial charge on any atom is 0.246 e. The molecule has 0 spiro atoms. The number of rotatable bonds is 4. The van der Waals surface area contributed by atoms with E-state index < -0.39 is 26.3 Å². The summed E-state index contributed by atoms with van der Waals surface area (Å²) in [5.74, 6) is -1.39. The summed E-state index contributed by atoms with van der Waals surface area (Å²) in [6.07, 6.45) is 1.68. The first kappa shape index (κ1) is 19.8. The van der Waals surface area contributed by atoms with Crippen molar-refractivity contribution in [1.82, 2.24) is 0 Å². The van der Waals surface area contributed by atoms with Crippen LogP contribution in [0, 0.1) is 19.7 Å². The van der Waals surface area contributed by atoms with Crippen LogP contribution in [0.5, 0.6) is 0 Å². The summed E-state index contributed by atoms with van der Waals surface area (Å²) in [6.45, 7) is 3.52. The molecule has 144 valence electrons. The van der Waals surface area contributed by atoms with Gasteiger partial charge in [-0.15, -0.1) is 0 Å². The number of benzene rings is 2. The van der Waals surface area contributed by atoms with Crippen LogP contribution < -0.4 is 5.32 Å². The number of nitrogens with one attached hydrogen (secondary N) is 1. The third-order valence-corrected chi connectivity index (χ3v) is 8.03. The molecular weight excluding hydrogens is 389 g/mol. The Morgan fingerprint density at radius 1 is 1.11 bits per heavy atom. The Morgan fingerprint density at radius 3 is 2.41 bits per heavy atom. The average molecular weight is 410 g/mol. The van der Waals surface area contributed by atoms with E-state index in [4.69, 9.17) is 11.6 Å². The second-order valence-electron chi connectivity index (χ2n) is 7.05. The molecule has 4 nitrogen and oxygen atoms in total. The standard InChI is InChI=1S/C20H21ClFNO3S/c1-13-5-6-14(2)18(11-13)27(25,26)20(9-3-4-10-20)19(24)23-17-8-7-15(21)12-16(17)22/h5-8,11-12H,3-4,9-10H2,1-2H3,(H,23,24). The zero-order valence-corrected chi connectivity index (χ0v) is 16.8. The van der Waals surface area contributed by atoms with Crippen LogP contribution in [0.2, 0.25) is 5.02 Å². The molecule has 1 aliphatic carbocycles. The van der Waals surface area contributed by atoms with Crippen molar-refractivity contribution in [2.24, 2.45) is 0 Å². The fourth-order valence-electron chi connectivity index (χ4n) is 3.60. The summed E-state index contributed by atoms with van der Waals surface area (Å²) in [4.78, 5) is 13.3. The molecule has 0 unspecified atom stereocenters. The third kappa shape index (κ3) is 3.48. The quantitative estimate of drug-likeness (QED) is 0.787. The molecule has 0 atom stereocenters. The van der Waals surface area contributed by atoms with Crippen molar-refractivity contribution in [3.63, 3.8) is 0 Å². The van der Waals surface area contributed by atoms with Gasteiger partial charge in [0.15, 0.2) is 14.6 Å². The van der Waals surface area contributed by atoms with Gasteiger partial charge < -0.3 is 5.32 Å². The molecule has 0 aromatic heterocycles. The number of aryl methyl sites for hydroxylation is 2. The SMILES string of the molecule is Cc1ccc(C)c(S(=O)(=O)C2(C(=O)Nc3ccc(Cl)cc3F)CCCC2)c1. The van der Waals surface area contributed by atoms with Crippen LogP contribution in [0.3, 0.4) is 0 Å². The van der Waals surface area contributed by atoms with Crippen LogP contribution in [0.1, 0.15) is 36.8 Å². The Labute approximate surface area is 163 Å². The lowest BCUT2D eigenvalue weighted by Crippen LogP contribution is -2.47. The third-order valence-electron chi connectivity index (χ3n) is 5.15. The van der Waals surface area contributed by atoms with Gasteiger partial charge in [0.1, 0.15) is 5.82 Å². The highest BCUT2D eigenvalue weighted by atomic mass is 35.5. The molecule has 1 amide bonds. The molecule has 1 saturated carbocycles. The fourth-order valence-corrected chi connectivity index (χ4v) is 6.13. The molecule has 2 aromatic rings. The first-order valence-electron chi connectivity index (χ1n) is 8.76. The monoisotopic (exact) mass is 409 g/mol. The highest BCUT2D eigenvalue weighted by Crippen LogP contribution is 2.42. The number of carbonyl (C=O) groups is 1. The second kappa shape index (κ2) is 7.24.